The molecule has 0 aliphatic rings. The van der Waals surface area contributed by atoms with Crippen LogP contribution in [0.15, 0.2) is 58.4 Å². The van der Waals surface area contributed by atoms with Gasteiger partial charge in [0.15, 0.2) is 15.8 Å². The predicted molar refractivity (Wildman–Crippen MR) is 107 cm³/mol. The Balaban J connectivity index is 1.80. The largest absolute Gasteiger partial charge is 0.356 e. The molecule has 6 heteroatoms. The second-order valence-corrected chi connectivity index (χ2v) is 8.30. The molecule has 0 amide bonds. The van der Waals surface area contributed by atoms with E-state index < -0.39 is 9.84 Å². The standard InChI is InChI=1S/C20H27N3O2S/c1-16-14-18(11-12-19(16)26(3,24)25)15-23-20(21-2)22-13-7-10-17-8-5-4-6-9-17/h4-6,8-9,11-12,14H,7,10,13,15H2,1-3H3,(H2,21,22,23). The molecule has 0 saturated carbocycles. The Morgan fingerprint density at radius 2 is 1.77 bits per heavy atom. The molecule has 2 N–H and O–H groups in total. The fourth-order valence-corrected chi connectivity index (χ4v) is 3.75. The summed E-state index contributed by atoms with van der Waals surface area (Å²) in [7, 11) is -1.44. The molecule has 0 aromatic heterocycles. The molecule has 0 bridgehead atoms. The van der Waals surface area contributed by atoms with Gasteiger partial charge in [-0.2, -0.15) is 0 Å². The molecule has 140 valence electrons. The lowest BCUT2D eigenvalue weighted by atomic mass is 10.1. The van der Waals surface area contributed by atoms with Crippen molar-refractivity contribution in [3.63, 3.8) is 0 Å². The van der Waals surface area contributed by atoms with E-state index in [1.54, 1.807) is 13.1 Å². The van der Waals surface area contributed by atoms with Gasteiger partial charge >= 0.3 is 0 Å². The number of rotatable bonds is 7. The zero-order chi connectivity index (χ0) is 19.0. The molecule has 0 radical (unpaired) electrons. The lowest BCUT2D eigenvalue weighted by molar-refractivity contribution is 0.601. The van der Waals surface area contributed by atoms with Crippen molar-refractivity contribution in [1.29, 1.82) is 0 Å². The van der Waals surface area contributed by atoms with Crippen molar-refractivity contribution in [2.24, 2.45) is 4.99 Å². The molecule has 0 atom stereocenters. The van der Waals surface area contributed by atoms with Crippen molar-refractivity contribution in [2.45, 2.75) is 31.2 Å². The number of nitrogens with zero attached hydrogens (tertiary/aromatic N) is 1. The average molecular weight is 374 g/mol. The highest BCUT2D eigenvalue weighted by molar-refractivity contribution is 7.90. The zero-order valence-electron chi connectivity index (χ0n) is 15.6. The van der Waals surface area contributed by atoms with Crippen molar-refractivity contribution in [2.75, 3.05) is 19.8 Å². The van der Waals surface area contributed by atoms with E-state index in [9.17, 15) is 8.42 Å². The fraction of sp³-hybridized carbons (Fsp3) is 0.350. The Morgan fingerprint density at radius 1 is 1.04 bits per heavy atom. The molecule has 2 aromatic carbocycles. The Hall–Kier alpha value is -2.34. The fourth-order valence-electron chi connectivity index (χ4n) is 2.79. The van der Waals surface area contributed by atoms with Crippen LogP contribution in [0.25, 0.3) is 0 Å². The Kier molecular flexibility index (Phi) is 7.21. The maximum Gasteiger partial charge on any atom is 0.191 e. The monoisotopic (exact) mass is 373 g/mol. The van der Waals surface area contributed by atoms with Gasteiger partial charge in [-0.05, 0) is 42.5 Å². The molecule has 0 heterocycles. The Labute approximate surface area is 156 Å². The van der Waals surface area contributed by atoms with Crippen LogP contribution in [0, 0.1) is 6.92 Å². The van der Waals surface area contributed by atoms with Crippen molar-refractivity contribution in [3.8, 4) is 0 Å². The number of benzene rings is 2. The molecular formula is C20H27N3O2S. The van der Waals surface area contributed by atoms with Crippen LogP contribution in [0.4, 0.5) is 0 Å². The molecule has 26 heavy (non-hydrogen) atoms. The molecule has 0 unspecified atom stereocenters. The van der Waals surface area contributed by atoms with Crippen LogP contribution in [0.1, 0.15) is 23.1 Å². The lowest BCUT2D eigenvalue weighted by Crippen LogP contribution is -2.37. The number of sulfone groups is 1. The molecule has 2 aromatic rings. The highest BCUT2D eigenvalue weighted by Crippen LogP contribution is 2.16. The maximum atomic E-state index is 11.7. The first-order chi connectivity index (χ1) is 12.4. The van der Waals surface area contributed by atoms with Gasteiger partial charge < -0.3 is 10.6 Å². The van der Waals surface area contributed by atoms with Gasteiger partial charge in [-0.15, -0.1) is 0 Å². The van der Waals surface area contributed by atoms with E-state index in [0.717, 1.165) is 36.5 Å². The van der Waals surface area contributed by atoms with E-state index >= 15 is 0 Å². The molecule has 0 fully saturated rings. The number of aliphatic imine (C=N–C) groups is 1. The predicted octanol–water partition coefficient (Wildman–Crippen LogP) is 2.70. The summed E-state index contributed by atoms with van der Waals surface area (Å²) in [6, 6.07) is 15.8. The van der Waals surface area contributed by atoms with E-state index in [4.69, 9.17) is 0 Å². The number of guanidine groups is 1. The molecule has 0 aliphatic heterocycles. The van der Waals surface area contributed by atoms with Gasteiger partial charge in [-0.25, -0.2) is 8.42 Å². The number of nitrogens with one attached hydrogen (secondary N) is 2. The third-order valence-electron chi connectivity index (χ3n) is 4.10. The van der Waals surface area contributed by atoms with Crippen molar-refractivity contribution in [3.05, 3.63) is 65.2 Å². The summed E-state index contributed by atoms with van der Waals surface area (Å²) in [4.78, 5) is 4.60. The van der Waals surface area contributed by atoms with Gasteiger partial charge in [0.25, 0.3) is 0 Å². The van der Waals surface area contributed by atoms with Crippen LogP contribution in [0.3, 0.4) is 0 Å². The van der Waals surface area contributed by atoms with Crippen LogP contribution in [-0.2, 0) is 22.8 Å². The summed E-state index contributed by atoms with van der Waals surface area (Å²) in [6.45, 7) is 3.24. The quantitative estimate of drug-likeness (QED) is 0.445. The highest BCUT2D eigenvalue weighted by Gasteiger charge is 2.10. The summed E-state index contributed by atoms with van der Waals surface area (Å²) in [5.41, 5.74) is 3.11. The number of hydrogen-bond acceptors (Lipinski definition) is 3. The van der Waals surface area contributed by atoms with Gasteiger partial charge in [0.1, 0.15) is 0 Å². The molecule has 2 rings (SSSR count). The smallest absolute Gasteiger partial charge is 0.191 e. The minimum Gasteiger partial charge on any atom is -0.356 e. The van der Waals surface area contributed by atoms with Crippen LogP contribution < -0.4 is 10.6 Å². The summed E-state index contributed by atoms with van der Waals surface area (Å²) in [5.74, 6) is 0.739. The van der Waals surface area contributed by atoms with E-state index in [0.29, 0.717) is 11.4 Å². The van der Waals surface area contributed by atoms with Crippen LogP contribution in [0.2, 0.25) is 0 Å². The van der Waals surface area contributed by atoms with Crippen LogP contribution >= 0.6 is 0 Å². The van der Waals surface area contributed by atoms with E-state index in [1.165, 1.54) is 11.8 Å². The van der Waals surface area contributed by atoms with Crippen molar-refractivity contribution in [1.82, 2.24) is 10.6 Å². The Bertz CT molecular complexity index is 847. The van der Waals surface area contributed by atoms with E-state index in [1.807, 2.05) is 25.1 Å². The average Bonchev–Trinajstić information content (AvgIpc) is 2.61. The zero-order valence-corrected chi connectivity index (χ0v) is 16.4. The first-order valence-electron chi connectivity index (χ1n) is 8.68. The normalized spacial score (nSPS) is 12.0. The summed E-state index contributed by atoms with van der Waals surface area (Å²) in [5, 5.41) is 6.56. The Morgan fingerprint density at radius 3 is 2.38 bits per heavy atom. The molecule has 0 spiro atoms. The third-order valence-corrected chi connectivity index (χ3v) is 5.36. The minimum absolute atomic E-state index is 0.379. The number of aryl methyl sites for hydroxylation is 2. The summed E-state index contributed by atoms with van der Waals surface area (Å²) in [6.07, 6.45) is 3.28. The van der Waals surface area contributed by atoms with E-state index in [-0.39, 0.29) is 0 Å². The number of hydrogen-bond donors (Lipinski definition) is 2. The van der Waals surface area contributed by atoms with Gasteiger partial charge in [-0.1, -0.05) is 42.5 Å². The first-order valence-corrected chi connectivity index (χ1v) is 10.6. The van der Waals surface area contributed by atoms with Crippen molar-refractivity contribution >= 4 is 15.8 Å². The molecule has 0 saturated heterocycles. The van der Waals surface area contributed by atoms with Gasteiger partial charge in [-0.3, -0.25) is 4.99 Å². The van der Waals surface area contributed by atoms with Crippen LogP contribution in [-0.4, -0.2) is 34.2 Å². The summed E-state index contributed by atoms with van der Waals surface area (Å²) < 4.78 is 23.4. The van der Waals surface area contributed by atoms with Gasteiger partial charge in [0, 0.05) is 26.4 Å². The summed E-state index contributed by atoms with van der Waals surface area (Å²) >= 11 is 0. The molecular weight excluding hydrogens is 346 g/mol. The maximum absolute atomic E-state index is 11.7. The second kappa shape index (κ2) is 9.38. The van der Waals surface area contributed by atoms with E-state index in [2.05, 4.69) is 39.9 Å². The minimum atomic E-state index is -3.18. The lowest BCUT2D eigenvalue weighted by Gasteiger charge is -2.13. The first kappa shape index (κ1) is 20.0. The molecule has 0 aliphatic carbocycles. The SMILES string of the molecule is CN=C(NCCCc1ccccc1)NCc1ccc(S(C)(=O)=O)c(C)c1. The van der Waals surface area contributed by atoms with Gasteiger partial charge in [0.05, 0.1) is 4.90 Å². The topological polar surface area (TPSA) is 70.6 Å². The highest BCUT2D eigenvalue weighted by atomic mass is 32.2. The molecule has 5 nitrogen and oxygen atoms in total. The third kappa shape index (κ3) is 6.19. The second-order valence-electron chi connectivity index (χ2n) is 6.31. The van der Waals surface area contributed by atoms with Crippen LogP contribution in [0.5, 0.6) is 0 Å². The van der Waals surface area contributed by atoms with Crippen molar-refractivity contribution < 1.29 is 8.42 Å². The van der Waals surface area contributed by atoms with Gasteiger partial charge in [0.2, 0.25) is 0 Å².